The zero-order valence-corrected chi connectivity index (χ0v) is 15.1. The van der Waals surface area contributed by atoms with Gasteiger partial charge >= 0.3 is 106 Å². The summed E-state index contributed by atoms with van der Waals surface area (Å²) < 4.78 is 6.04. The molecule has 0 heterocycles. The first kappa shape index (κ1) is 15.2. The summed E-state index contributed by atoms with van der Waals surface area (Å²) in [7, 11) is 0. The molecule has 0 rings (SSSR count). The molecule has 0 amide bonds. The molecule has 80 valence electrons. The van der Waals surface area contributed by atoms with E-state index in [0.717, 1.165) is 0 Å². The van der Waals surface area contributed by atoms with Gasteiger partial charge in [-0.25, -0.2) is 0 Å². The first-order chi connectivity index (χ1) is 6.24. The van der Waals surface area contributed by atoms with E-state index in [4.69, 9.17) is 0 Å². The van der Waals surface area contributed by atoms with Crippen LogP contribution in [0.5, 0.6) is 0 Å². The molecule has 13 heavy (non-hydrogen) atoms. The van der Waals surface area contributed by atoms with E-state index in [1.165, 1.54) is 15.1 Å². The van der Waals surface area contributed by atoms with Crippen LogP contribution in [0.25, 0.3) is 0 Å². The molecule has 0 aliphatic carbocycles. The Morgan fingerprint density at radius 1 is 0.615 bits per heavy atom. The fourth-order valence-corrected chi connectivity index (χ4v) is 39.7. The van der Waals surface area contributed by atoms with Crippen LogP contribution in [0, 0.1) is 0 Å². The molecule has 0 bridgehead atoms. The summed E-state index contributed by atoms with van der Waals surface area (Å²) in [6.07, 6.45) is 9.08. The van der Waals surface area contributed by atoms with Gasteiger partial charge in [0, 0.05) is 0 Å². The van der Waals surface area contributed by atoms with Crippen molar-refractivity contribution in [3.05, 3.63) is 0 Å². The molecule has 0 radical (unpaired) electrons. The minimum atomic E-state index is -1.71. The molecule has 0 unspecified atom stereocenters. The van der Waals surface area contributed by atoms with Crippen molar-refractivity contribution in [1.29, 1.82) is 0 Å². The molecule has 0 aromatic rings. The topological polar surface area (TPSA) is 0 Å². The van der Waals surface area contributed by atoms with E-state index < -0.39 is 18.4 Å². The number of thioether (sulfide) groups is 4. The fraction of sp³-hybridized carbons (Fsp3) is 1.00. The standard InChI is InChI=1S/4C2H5S.Sn/c4*1-3-2;/h4*1H2,2H3;. The van der Waals surface area contributed by atoms with Crippen LogP contribution in [0.4, 0.5) is 0 Å². The normalized spacial score (nSPS) is 12.0. The second-order valence-electron chi connectivity index (χ2n) is 3.23. The first-order valence-corrected chi connectivity index (χ1v) is 17.8. The van der Waals surface area contributed by atoms with E-state index in [1.54, 1.807) is 0 Å². The van der Waals surface area contributed by atoms with E-state index in [0.29, 0.717) is 0 Å². The van der Waals surface area contributed by atoms with Crippen LogP contribution >= 0.6 is 47.0 Å². The number of hydrogen-bond acceptors (Lipinski definition) is 4. The Hall–Kier alpha value is 2.20. The SMILES string of the molecule is CS[CH2][Sn]([CH2]SC)([CH2]SC)[CH2]SC. The predicted octanol–water partition coefficient (Wildman–Crippen LogP) is 3.04. The molecule has 0 spiro atoms. The summed E-state index contributed by atoms with van der Waals surface area (Å²) in [5, 5.41) is 0. The van der Waals surface area contributed by atoms with E-state index in [1.807, 2.05) is 0 Å². The Kier molecular flexibility index (Phi) is 11.0. The Morgan fingerprint density at radius 3 is 1.00 bits per heavy atom. The van der Waals surface area contributed by atoms with E-state index >= 15 is 0 Å². The molecule has 0 saturated heterocycles. The van der Waals surface area contributed by atoms with Crippen molar-refractivity contribution in [3.63, 3.8) is 0 Å². The van der Waals surface area contributed by atoms with E-state index in [-0.39, 0.29) is 0 Å². The molecule has 0 atom stereocenters. The van der Waals surface area contributed by atoms with Gasteiger partial charge in [0.05, 0.1) is 0 Å². The van der Waals surface area contributed by atoms with Gasteiger partial charge in [-0.2, -0.15) is 0 Å². The van der Waals surface area contributed by atoms with Crippen molar-refractivity contribution in [2.24, 2.45) is 0 Å². The summed E-state index contributed by atoms with van der Waals surface area (Å²) in [6, 6.07) is 0. The first-order valence-electron chi connectivity index (χ1n) is 4.20. The fourth-order valence-electron chi connectivity index (χ4n) is 1.47. The Labute approximate surface area is 104 Å². The molecule has 0 N–H and O–H groups in total. The van der Waals surface area contributed by atoms with Gasteiger partial charge in [-0.15, -0.1) is 0 Å². The van der Waals surface area contributed by atoms with Crippen LogP contribution in [0.2, 0.25) is 0 Å². The van der Waals surface area contributed by atoms with Crippen molar-refractivity contribution < 1.29 is 0 Å². The Balaban J connectivity index is 4.19. The molecule has 0 fully saturated rings. The van der Waals surface area contributed by atoms with Crippen molar-refractivity contribution in [3.8, 4) is 0 Å². The third-order valence-electron chi connectivity index (χ3n) is 1.80. The summed E-state index contributed by atoms with van der Waals surface area (Å²) in [5.41, 5.74) is 0. The van der Waals surface area contributed by atoms with Gasteiger partial charge in [0.1, 0.15) is 0 Å². The minimum absolute atomic E-state index is 1.51. The number of hydrogen-bond donors (Lipinski definition) is 0. The van der Waals surface area contributed by atoms with Crippen LogP contribution in [0.15, 0.2) is 0 Å². The van der Waals surface area contributed by atoms with Gasteiger partial charge < -0.3 is 0 Å². The van der Waals surface area contributed by atoms with Crippen molar-refractivity contribution in [2.45, 2.75) is 0 Å². The monoisotopic (exact) mass is 364 g/mol. The molecular formula is C8H20S4Sn. The van der Waals surface area contributed by atoms with Gasteiger partial charge in [-0.3, -0.25) is 0 Å². The van der Waals surface area contributed by atoms with Crippen LogP contribution in [0.3, 0.4) is 0 Å². The summed E-state index contributed by atoms with van der Waals surface area (Å²) >= 11 is 6.62. The third kappa shape index (κ3) is 6.38. The summed E-state index contributed by atoms with van der Waals surface area (Å²) in [4.78, 5) is 0. The van der Waals surface area contributed by atoms with Crippen LogP contribution in [-0.4, -0.2) is 58.5 Å². The Bertz CT molecular complexity index is 91.2. The van der Waals surface area contributed by atoms with Gasteiger partial charge in [-0.05, 0) is 0 Å². The van der Waals surface area contributed by atoms with Crippen molar-refractivity contribution in [1.82, 2.24) is 0 Å². The average Bonchev–Trinajstić information content (AvgIpc) is 2.06. The molecule has 5 heteroatoms. The third-order valence-corrected chi connectivity index (χ3v) is 36.3. The van der Waals surface area contributed by atoms with Gasteiger partial charge in [0.2, 0.25) is 0 Å². The van der Waals surface area contributed by atoms with E-state index in [2.05, 4.69) is 72.1 Å². The molecule has 0 nitrogen and oxygen atoms in total. The molecule has 0 aliphatic heterocycles. The average molecular weight is 363 g/mol. The second-order valence-corrected chi connectivity index (χ2v) is 25.1. The summed E-state index contributed by atoms with van der Waals surface area (Å²) in [5.74, 6) is 0. The maximum atomic E-state index is 2.27. The van der Waals surface area contributed by atoms with Gasteiger partial charge in [0.15, 0.2) is 0 Å². The van der Waals surface area contributed by atoms with Crippen LogP contribution in [0.1, 0.15) is 0 Å². The predicted molar refractivity (Wildman–Crippen MR) is 79.3 cm³/mol. The van der Waals surface area contributed by atoms with Crippen LogP contribution < -0.4 is 0 Å². The van der Waals surface area contributed by atoms with Gasteiger partial charge in [-0.1, -0.05) is 0 Å². The van der Waals surface area contributed by atoms with E-state index in [9.17, 15) is 0 Å². The quantitative estimate of drug-likeness (QED) is 0.608. The second kappa shape index (κ2) is 9.43. The number of rotatable bonds is 8. The maximum absolute atomic E-state index is 2.27. The Morgan fingerprint density at radius 2 is 0.846 bits per heavy atom. The molecule has 0 aromatic carbocycles. The van der Waals surface area contributed by atoms with Crippen LogP contribution in [-0.2, 0) is 0 Å². The van der Waals surface area contributed by atoms with Gasteiger partial charge in [0.25, 0.3) is 0 Å². The van der Waals surface area contributed by atoms with Crippen molar-refractivity contribution >= 4 is 65.4 Å². The summed E-state index contributed by atoms with van der Waals surface area (Å²) in [6.45, 7) is 0. The molecule has 0 saturated carbocycles. The molecule has 0 aromatic heterocycles. The molecule has 0 aliphatic rings. The van der Waals surface area contributed by atoms with Crippen molar-refractivity contribution in [2.75, 3.05) is 40.1 Å². The zero-order chi connectivity index (χ0) is 10.2. The zero-order valence-electron chi connectivity index (χ0n) is 8.96. The molecular weight excluding hydrogens is 343 g/mol.